The summed E-state index contributed by atoms with van der Waals surface area (Å²) in [6.45, 7) is -1.60. The molecule has 2 aliphatic carbocycles. The van der Waals surface area contributed by atoms with Gasteiger partial charge in [0.2, 0.25) is 0 Å². The van der Waals surface area contributed by atoms with Gasteiger partial charge in [-0.25, -0.2) is 18.5 Å². The molecule has 9 nitrogen and oxygen atoms in total. The minimum atomic E-state index is -4.40. The molecule has 2 N–H and O–H groups in total. The Labute approximate surface area is 233 Å². The summed E-state index contributed by atoms with van der Waals surface area (Å²) in [6, 6.07) is 0.892. The Morgan fingerprint density at radius 3 is 2.31 bits per heavy atom. The molecule has 1 aromatic heterocycles. The number of amides is 2. The number of nitrogens with one attached hydrogen (secondary N) is 2. The van der Waals surface area contributed by atoms with Crippen molar-refractivity contribution < 1.29 is 53.0 Å². The number of hydrogen-bond donors (Lipinski definition) is 2. The number of urea groups is 1. The van der Waals surface area contributed by atoms with Crippen LogP contribution < -0.4 is 43.9 Å². The quantitative estimate of drug-likeness (QED) is 0.523. The van der Waals surface area contributed by atoms with E-state index in [0.717, 1.165) is 72.0 Å². The van der Waals surface area contributed by atoms with Crippen LogP contribution in [-0.2, 0) is 35.9 Å². The van der Waals surface area contributed by atoms with Gasteiger partial charge in [0.1, 0.15) is 0 Å². The van der Waals surface area contributed by atoms with E-state index < -0.39 is 28.8 Å². The largest absolute Gasteiger partial charge is 1.00 e. The number of hydrogen-bond acceptors (Lipinski definition) is 5. The molecule has 1 aromatic carbocycles. The van der Waals surface area contributed by atoms with Crippen molar-refractivity contribution in [2.75, 3.05) is 29.8 Å². The van der Waals surface area contributed by atoms with Crippen LogP contribution in [0.2, 0.25) is 0 Å². The van der Waals surface area contributed by atoms with E-state index in [2.05, 4.69) is 26.1 Å². The third-order valence-electron chi connectivity index (χ3n) is 7.25. The maximum atomic E-state index is 13.5. The number of fused-ring (bicyclic) bond motifs is 2. The van der Waals surface area contributed by atoms with Crippen molar-refractivity contribution in [2.24, 2.45) is 0 Å². The number of likely N-dealkylation sites (tertiary alicyclic amines) is 1. The summed E-state index contributed by atoms with van der Waals surface area (Å²) in [5, 5.41) is 6.44. The Morgan fingerprint density at radius 1 is 1.14 bits per heavy atom. The fourth-order valence-electron chi connectivity index (χ4n) is 5.60. The van der Waals surface area contributed by atoms with Gasteiger partial charge < -0.3 is 11.6 Å². The molecule has 2 aromatic rings. The van der Waals surface area contributed by atoms with E-state index in [9.17, 15) is 22.0 Å². The van der Waals surface area contributed by atoms with Gasteiger partial charge in [0.25, 0.3) is 0 Å². The molecule has 0 atom stereocenters. The van der Waals surface area contributed by atoms with Crippen LogP contribution in [0, 0.1) is 0 Å². The predicted molar refractivity (Wildman–Crippen MR) is 129 cm³/mol. The number of carbonyl (C=O) groups excluding carboxylic acids is 1. The van der Waals surface area contributed by atoms with Gasteiger partial charge in [-0.05, 0) is 93.8 Å². The molecule has 1 aliphatic heterocycles. The number of aromatic nitrogens is 2. The fourth-order valence-corrected chi connectivity index (χ4v) is 6.96. The molecule has 0 spiro atoms. The number of alkyl halides is 2. The minimum absolute atomic E-state index is 0. The Morgan fingerprint density at radius 2 is 1.75 bits per heavy atom. The molecule has 0 unspecified atom stereocenters. The van der Waals surface area contributed by atoms with E-state index in [1.807, 2.05) is 7.05 Å². The van der Waals surface area contributed by atoms with Gasteiger partial charge in [0.15, 0.2) is 0 Å². The third-order valence-corrected chi connectivity index (χ3v) is 8.72. The Kier molecular flexibility index (Phi) is 8.30. The van der Waals surface area contributed by atoms with Gasteiger partial charge in [0.05, 0.1) is 18.1 Å². The standard InChI is InChI=1S/C23H30F2N6O3S.Na.H/c1-29-10-8-17(9-11-29)31(18-13-26-30(14-18)22(24)25)35(33,34)28-23(32)27-21-19-6-2-4-15(19)12-16-5-3-7-20(16)21;;/h12-14,17,22H,2-11H2,1H3,(H2,27,28,32);;/q;+1;-1. The molecular formula is C23H31F2N6NaO3S. The maximum Gasteiger partial charge on any atom is 1.00 e. The van der Waals surface area contributed by atoms with Crippen molar-refractivity contribution in [1.29, 1.82) is 0 Å². The molecule has 1 fully saturated rings. The van der Waals surface area contributed by atoms with Crippen LogP contribution in [0.25, 0.3) is 0 Å². The number of benzene rings is 1. The molecule has 13 heteroatoms. The van der Waals surface area contributed by atoms with Crippen LogP contribution in [0.3, 0.4) is 0 Å². The minimum Gasteiger partial charge on any atom is -1.00 e. The number of carbonyl (C=O) groups is 1. The van der Waals surface area contributed by atoms with Crippen LogP contribution in [0.15, 0.2) is 18.5 Å². The summed E-state index contributed by atoms with van der Waals surface area (Å²) in [5.74, 6) is 0. The Bertz CT molecular complexity index is 1210. The first-order valence-corrected chi connectivity index (χ1v) is 13.5. The smallest absolute Gasteiger partial charge is 1.00 e. The number of aryl methyl sites for hydroxylation is 2. The van der Waals surface area contributed by atoms with Crippen molar-refractivity contribution >= 4 is 27.6 Å². The molecule has 0 saturated carbocycles. The molecule has 5 rings (SSSR count). The van der Waals surface area contributed by atoms with E-state index in [1.54, 1.807) is 0 Å². The van der Waals surface area contributed by atoms with Crippen LogP contribution in [0.1, 0.15) is 55.9 Å². The molecule has 36 heavy (non-hydrogen) atoms. The summed E-state index contributed by atoms with van der Waals surface area (Å²) in [6.07, 6.45) is 8.70. The van der Waals surface area contributed by atoms with Crippen LogP contribution >= 0.6 is 0 Å². The molecular weight excluding hydrogens is 501 g/mol. The van der Waals surface area contributed by atoms with Gasteiger partial charge in [-0.15, -0.1) is 0 Å². The second-order valence-corrected chi connectivity index (χ2v) is 11.1. The van der Waals surface area contributed by atoms with Crippen LogP contribution in [0.5, 0.6) is 0 Å². The molecule has 0 radical (unpaired) electrons. The maximum absolute atomic E-state index is 13.5. The second-order valence-electron chi connectivity index (χ2n) is 9.58. The van der Waals surface area contributed by atoms with E-state index in [1.165, 1.54) is 11.1 Å². The van der Waals surface area contributed by atoms with Crippen molar-refractivity contribution in [3.63, 3.8) is 0 Å². The van der Waals surface area contributed by atoms with Gasteiger partial charge in [-0.1, -0.05) is 6.07 Å². The van der Waals surface area contributed by atoms with Crippen molar-refractivity contribution in [1.82, 2.24) is 19.4 Å². The summed E-state index contributed by atoms with van der Waals surface area (Å²) in [5.41, 5.74) is 5.35. The molecule has 192 valence electrons. The Hall–Kier alpha value is -1.73. The number of rotatable bonds is 6. The average molecular weight is 533 g/mol. The summed E-state index contributed by atoms with van der Waals surface area (Å²) >= 11 is 0. The average Bonchev–Trinajstić information content (AvgIpc) is 3.55. The SMILES string of the molecule is CN1CCC(N(c2cnn(C(F)F)c2)S(=O)(=O)NC(=O)Nc2c3c(cc4c2CCC4)CCC3)CC1.[H-].[Na+]. The first kappa shape index (κ1) is 27.3. The van der Waals surface area contributed by atoms with E-state index in [0.29, 0.717) is 30.6 Å². The van der Waals surface area contributed by atoms with Crippen LogP contribution in [0.4, 0.5) is 25.0 Å². The molecule has 1 saturated heterocycles. The zero-order valence-corrected chi connectivity index (χ0v) is 23.5. The number of nitrogens with zero attached hydrogens (tertiary/aromatic N) is 4. The first-order valence-electron chi connectivity index (χ1n) is 12.0. The van der Waals surface area contributed by atoms with Crippen molar-refractivity contribution in [2.45, 2.75) is 64.0 Å². The van der Waals surface area contributed by atoms with Gasteiger partial charge in [0, 0.05) is 11.7 Å². The number of anilines is 2. The predicted octanol–water partition coefficient (Wildman–Crippen LogP) is 0.339. The van der Waals surface area contributed by atoms with E-state index in [-0.39, 0.29) is 36.7 Å². The van der Waals surface area contributed by atoms with Crippen LogP contribution in [-0.4, -0.2) is 55.3 Å². The third kappa shape index (κ3) is 5.42. The molecule has 3 aliphatic rings. The van der Waals surface area contributed by atoms with E-state index in [4.69, 9.17) is 0 Å². The van der Waals surface area contributed by atoms with Crippen molar-refractivity contribution in [3.05, 3.63) is 40.7 Å². The monoisotopic (exact) mass is 532 g/mol. The summed E-state index contributed by atoms with van der Waals surface area (Å²) < 4.78 is 56.8. The molecule has 0 bridgehead atoms. The number of halogens is 2. The number of piperidine rings is 1. The van der Waals surface area contributed by atoms with Gasteiger partial charge in [-0.3, -0.25) is 0 Å². The second kappa shape index (κ2) is 10.9. The van der Waals surface area contributed by atoms with Crippen molar-refractivity contribution in [3.8, 4) is 0 Å². The summed E-state index contributed by atoms with van der Waals surface area (Å²) in [4.78, 5) is 15.1. The topological polar surface area (TPSA) is 99.6 Å². The van der Waals surface area contributed by atoms with Gasteiger partial charge in [-0.2, -0.15) is 22.3 Å². The normalized spacial score (nSPS) is 18.0. The zero-order valence-electron chi connectivity index (χ0n) is 21.6. The fraction of sp³-hybridized carbons (Fsp3) is 0.565. The van der Waals surface area contributed by atoms with Gasteiger partial charge >= 0.3 is 52.3 Å². The summed E-state index contributed by atoms with van der Waals surface area (Å²) in [7, 11) is -2.46. The van der Waals surface area contributed by atoms with E-state index >= 15 is 0 Å². The first-order chi connectivity index (χ1) is 16.7. The Balaban J connectivity index is 0.00000190. The molecule has 2 heterocycles. The zero-order chi connectivity index (χ0) is 24.7. The molecule has 2 amide bonds.